The maximum atomic E-state index is 12.8. The number of carbonyl (C=O) groups is 2. The van der Waals surface area contributed by atoms with Crippen LogP contribution in [0.1, 0.15) is 44.9 Å². The van der Waals surface area contributed by atoms with Crippen LogP contribution in [0, 0.1) is 0 Å². The monoisotopic (exact) mass is 449 g/mol. The first-order valence-corrected chi connectivity index (χ1v) is 10.5. The van der Waals surface area contributed by atoms with Crippen LogP contribution in [0.25, 0.3) is 0 Å². The van der Waals surface area contributed by atoms with E-state index in [-0.39, 0.29) is 17.9 Å². The molecule has 0 spiro atoms. The minimum atomic E-state index is -0.782. The molecule has 0 aromatic heterocycles. The van der Waals surface area contributed by atoms with Crippen molar-refractivity contribution in [2.45, 2.75) is 56.8 Å². The molecule has 4 rings (SSSR count). The van der Waals surface area contributed by atoms with E-state index in [9.17, 15) is 9.59 Å². The minimum absolute atomic E-state index is 0.197. The van der Waals surface area contributed by atoms with Crippen molar-refractivity contribution in [1.29, 1.82) is 0 Å². The Balaban J connectivity index is 1.62. The Bertz CT molecular complexity index is 817. The summed E-state index contributed by atoms with van der Waals surface area (Å²) >= 11 is 3.51. The number of rotatable bonds is 5. The van der Waals surface area contributed by atoms with Crippen LogP contribution in [0.4, 0.5) is 5.69 Å². The quantitative estimate of drug-likeness (QED) is 0.499. The average molecular weight is 450 g/mol. The number of nitrogens with zero attached hydrogens (tertiary/aromatic N) is 1. The second-order valence-corrected chi connectivity index (χ2v) is 8.30. The van der Waals surface area contributed by atoms with Crippen LogP contribution >= 0.6 is 15.9 Å². The van der Waals surface area contributed by atoms with E-state index in [1.807, 2.05) is 0 Å². The summed E-state index contributed by atoms with van der Waals surface area (Å²) < 4.78 is 18.2. The van der Waals surface area contributed by atoms with Crippen molar-refractivity contribution in [3.63, 3.8) is 0 Å². The van der Waals surface area contributed by atoms with E-state index in [0.29, 0.717) is 35.4 Å². The van der Waals surface area contributed by atoms with Crippen LogP contribution in [-0.4, -0.2) is 37.9 Å². The summed E-state index contributed by atoms with van der Waals surface area (Å²) in [4.78, 5) is 27.0. The molecule has 1 fully saturated rings. The number of benzene rings is 1. The van der Waals surface area contributed by atoms with Crippen molar-refractivity contribution in [1.82, 2.24) is 0 Å². The summed E-state index contributed by atoms with van der Waals surface area (Å²) in [6.07, 6.45) is 5.49. The van der Waals surface area contributed by atoms with E-state index in [1.54, 1.807) is 32.4 Å². The number of amides is 2. The van der Waals surface area contributed by atoms with Crippen molar-refractivity contribution < 1.29 is 23.8 Å². The lowest BCUT2D eigenvalue weighted by Crippen LogP contribution is -2.44. The van der Waals surface area contributed by atoms with Crippen molar-refractivity contribution in [3.8, 4) is 5.75 Å². The number of anilines is 1. The van der Waals surface area contributed by atoms with E-state index in [4.69, 9.17) is 14.2 Å². The molecule has 1 saturated carbocycles. The molecule has 1 aromatic carbocycles. The zero-order valence-electron chi connectivity index (χ0n) is 16.1. The number of methoxy groups -OCH3 is 2. The fourth-order valence-corrected chi connectivity index (χ4v) is 4.80. The van der Waals surface area contributed by atoms with Gasteiger partial charge in [0, 0.05) is 37.9 Å². The molecule has 28 heavy (non-hydrogen) atoms. The summed E-state index contributed by atoms with van der Waals surface area (Å²) in [5, 5.41) is 0. The van der Waals surface area contributed by atoms with E-state index >= 15 is 0 Å². The number of hydrogen-bond acceptors (Lipinski definition) is 5. The van der Waals surface area contributed by atoms with Gasteiger partial charge in [-0.1, -0.05) is 0 Å². The molecule has 7 heteroatoms. The molecule has 2 aliphatic carbocycles. The smallest absolute Gasteiger partial charge is 0.261 e. The molecule has 1 unspecified atom stereocenters. The third-order valence-electron chi connectivity index (χ3n) is 6.01. The maximum Gasteiger partial charge on any atom is 0.261 e. The van der Waals surface area contributed by atoms with Gasteiger partial charge in [-0.2, -0.15) is 0 Å². The molecule has 0 radical (unpaired) electrons. The van der Waals surface area contributed by atoms with Gasteiger partial charge in [0.1, 0.15) is 5.75 Å². The molecule has 3 aliphatic rings. The van der Waals surface area contributed by atoms with Crippen LogP contribution in [0.3, 0.4) is 0 Å². The number of ether oxygens (including phenoxy) is 3. The predicted molar refractivity (Wildman–Crippen MR) is 107 cm³/mol. The van der Waals surface area contributed by atoms with Crippen molar-refractivity contribution in [2.75, 3.05) is 19.1 Å². The standard InChI is InChI=1S/C21H24BrNO5/c1-26-21(27-2)11-5-8-18(21)28-17-12-13(9-10-16(17)22)23-19(24)14-6-3-4-7-15(14)20(23)25/h9-10,12,18H,3-8,11H2,1-2H3. The van der Waals surface area contributed by atoms with Crippen LogP contribution in [0.5, 0.6) is 5.75 Å². The molecule has 0 N–H and O–H groups in total. The van der Waals surface area contributed by atoms with Gasteiger partial charge in [-0.05, 0) is 66.6 Å². The molecule has 6 nitrogen and oxygen atoms in total. The third kappa shape index (κ3) is 3.09. The molecule has 2 amide bonds. The molecule has 1 atom stereocenters. The fourth-order valence-electron chi connectivity index (χ4n) is 4.46. The van der Waals surface area contributed by atoms with Gasteiger partial charge in [-0.15, -0.1) is 0 Å². The summed E-state index contributed by atoms with van der Waals surface area (Å²) in [6.45, 7) is 0. The molecule has 1 aliphatic heterocycles. The molecule has 0 bridgehead atoms. The molecule has 1 heterocycles. The lowest BCUT2D eigenvalue weighted by Gasteiger charge is -2.33. The van der Waals surface area contributed by atoms with Gasteiger partial charge in [-0.3, -0.25) is 9.59 Å². The number of halogens is 1. The first kappa shape index (κ1) is 19.6. The summed E-state index contributed by atoms with van der Waals surface area (Å²) in [7, 11) is 3.24. The Hall–Kier alpha value is -1.70. The van der Waals surface area contributed by atoms with Crippen molar-refractivity contribution in [3.05, 3.63) is 33.8 Å². The molecule has 1 aromatic rings. The van der Waals surface area contributed by atoms with Gasteiger partial charge in [0.25, 0.3) is 11.8 Å². The molecule has 0 saturated heterocycles. The lowest BCUT2D eigenvalue weighted by molar-refractivity contribution is -0.239. The maximum absolute atomic E-state index is 12.8. The van der Waals surface area contributed by atoms with Gasteiger partial charge in [-0.25, -0.2) is 4.90 Å². The first-order chi connectivity index (χ1) is 13.5. The first-order valence-electron chi connectivity index (χ1n) is 9.68. The average Bonchev–Trinajstić information content (AvgIpc) is 3.23. The minimum Gasteiger partial charge on any atom is -0.484 e. The molecular formula is C21H24BrNO5. The molecular weight excluding hydrogens is 426 g/mol. The van der Waals surface area contributed by atoms with Crippen LogP contribution in [-0.2, 0) is 19.1 Å². The zero-order chi connectivity index (χ0) is 19.9. The Kier molecular flexibility index (Phi) is 5.33. The van der Waals surface area contributed by atoms with Gasteiger partial charge < -0.3 is 14.2 Å². The largest absolute Gasteiger partial charge is 0.484 e. The number of carbonyl (C=O) groups excluding carboxylic acids is 2. The van der Waals surface area contributed by atoms with E-state index in [0.717, 1.165) is 36.6 Å². The van der Waals surface area contributed by atoms with E-state index < -0.39 is 5.79 Å². The second kappa shape index (κ2) is 7.61. The lowest BCUT2D eigenvalue weighted by atomic mass is 9.93. The predicted octanol–water partition coefficient (Wildman–Crippen LogP) is 4.11. The highest BCUT2D eigenvalue weighted by Crippen LogP contribution is 2.41. The molecule has 150 valence electrons. The Morgan fingerprint density at radius 2 is 1.68 bits per heavy atom. The van der Waals surface area contributed by atoms with E-state index in [2.05, 4.69) is 15.9 Å². The normalized spacial score (nSPS) is 24.1. The van der Waals surface area contributed by atoms with Crippen LogP contribution in [0.15, 0.2) is 33.8 Å². The van der Waals surface area contributed by atoms with Gasteiger partial charge in [0.2, 0.25) is 5.79 Å². The van der Waals surface area contributed by atoms with E-state index in [1.165, 1.54) is 4.90 Å². The van der Waals surface area contributed by atoms with Crippen LogP contribution < -0.4 is 9.64 Å². The zero-order valence-corrected chi connectivity index (χ0v) is 17.7. The highest BCUT2D eigenvalue weighted by atomic mass is 79.9. The van der Waals surface area contributed by atoms with Crippen molar-refractivity contribution >= 4 is 33.4 Å². The summed E-state index contributed by atoms with van der Waals surface area (Å²) in [6, 6.07) is 5.31. The number of hydrogen-bond donors (Lipinski definition) is 0. The Morgan fingerprint density at radius 1 is 1.04 bits per heavy atom. The van der Waals surface area contributed by atoms with Crippen LogP contribution in [0.2, 0.25) is 0 Å². The Morgan fingerprint density at radius 3 is 2.29 bits per heavy atom. The third-order valence-corrected chi connectivity index (χ3v) is 6.66. The summed E-state index contributed by atoms with van der Waals surface area (Å²) in [5.41, 5.74) is 1.88. The Labute approximate surface area is 172 Å². The van der Waals surface area contributed by atoms with Gasteiger partial charge in [0.05, 0.1) is 10.2 Å². The topological polar surface area (TPSA) is 65.1 Å². The summed E-state index contributed by atoms with van der Waals surface area (Å²) in [5.74, 6) is -0.614. The highest BCUT2D eigenvalue weighted by molar-refractivity contribution is 9.10. The van der Waals surface area contributed by atoms with Gasteiger partial charge in [0.15, 0.2) is 6.10 Å². The SMILES string of the molecule is COC1(OC)CCCC1Oc1cc(N2C(=O)C3=C(CCCC3)C2=O)ccc1Br. The van der Waals surface area contributed by atoms with Crippen molar-refractivity contribution in [2.24, 2.45) is 0 Å². The van der Waals surface area contributed by atoms with Gasteiger partial charge >= 0.3 is 0 Å². The number of imide groups is 1. The second-order valence-electron chi connectivity index (χ2n) is 7.44. The highest BCUT2D eigenvalue weighted by Gasteiger charge is 2.46. The fraction of sp³-hybridized carbons (Fsp3) is 0.524.